The first kappa shape index (κ1) is 16.0. The zero-order chi connectivity index (χ0) is 15.7. The quantitative estimate of drug-likeness (QED) is 0.779. The summed E-state index contributed by atoms with van der Waals surface area (Å²) < 4.78 is 5.88. The van der Waals surface area contributed by atoms with Crippen LogP contribution in [0.1, 0.15) is 46.6 Å². The fourth-order valence-electron chi connectivity index (χ4n) is 3.31. The molecule has 1 saturated heterocycles. The number of likely N-dealkylation sites (tertiary alicyclic amines) is 1. The molecule has 3 heteroatoms. The molecule has 2 rings (SSSR count). The van der Waals surface area contributed by atoms with Gasteiger partial charge in [-0.1, -0.05) is 37.3 Å². The van der Waals surface area contributed by atoms with Gasteiger partial charge < -0.3 is 4.74 Å². The van der Waals surface area contributed by atoms with Crippen LogP contribution in [-0.4, -0.2) is 29.5 Å². The Balaban J connectivity index is 2.42. The van der Waals surface area contributed by atoms with E-state index in [1.165, 1.54) is 6.92 Å². The topological polar surface area (TPSA) is 29.5 Å². The molecule has 21 heavy (non-hydrogen) atoms. The van der Waals surface area contributed by atoms with Gasteiger partial charge in [-0.2, -0.15) is 0 Å². The molecule has 0 unspecified atom stereocenters. The van der Waals surface area contributed by atoms with E-state index in [0.29, 0.717) is 5.92 Å². The number of ether oxygens (including phenoxy) is 1. The van der Waals surface area contributed by atoms with E-state index < -0.39 is 5.60 Å². The monoisotopic (exact) mass is 289 g/mol. The summed E-state index contributed by atoms with van der Waals surface area (Å²) in [6, 6.07) is 10.2. The number of rotatable bonds is 2. The fourth-order valence-corrected chi connectivity index (χ4v) is 3.31. The van der Waals surface area contributed by atoms with Gasteiger partial charge in [-0.05, 0) is 38.7 Å². The number of carbonyl (C=O) groups is 1. The molecule has 2 atom stereocenters. The van der Waals surface area contributed by atoms with Crippen LogP contribution in [0.25, 0.3) is 0 Å². The van der Waals surface area contributed by atoms with Crippen molar-refractivity contribution in [1.82, 2.24) is 4.90 Å². The minimum Gasteiger partial charge on any atom is -0.453 e. The van der Waals surface area contributed by atoms with E-state index in [2.05, 4.69) is 44.7 Å². The first-order chi connectivity index (χ1) is 9.73. The Morgan fingerprint density at radius 3 is 2.43 bits per heavy atom. The minimum absolute atomic E-state index is 0.0643. The van der Waals surface area contributed by atoms with Gasteiger partial charge in [-0.15, -0.1) is 0 Å². The third-order valence-electron chi connectivity index (χ3n) is 4.24. The number of hydrogen-bond acceptors (Lipinski definition) is 3. The Morgan fingerprint density at radius 2 is 1.90 bits per heavy atom. The third kappa shape index (κ3) is 3.65. The van der Waals surface area contributed by atoms with Gasteiger partial charge in [0.25, 0.3) is 0 Å². The molecular weight excluding hydrogens is 262 g/mol. The summed E-state index contributed by atoms with van der Waals surface area (Å²) in [5.41, 5.74) is 0.633. The molecule has 0 N–H and O–H groups in total. The van der Waals surface area contributed by atoms with Crippen LogP contribution in [0.3, 0.4) is 0 Å². The third-order valence-corrected chi connectivity index (χ3v) is 4.24. The van der Waals surface area contributed by atoms with Crippen LogP contribution in [0, 0.1) is 5.92 Å². The second-order valence-electron chi connectivity index (χ2n) is 7.31. The Bertz CT molecular complexity index is 492. The lowest BCUT2D eigenvalue weighted by atomic mass is 9.79. The van der Waals surface area contributed by atoms with Gasteiger partial charge in [-0.3, -0.25) is 9.69 Å². The number of piperidine rings is 1. The first-order valence-electron chi connectivity index (χ1n) is 7.73. The zero-order valence-corrected chi connectivity index (χ0v) is 13.8. The average Bonchev–Trinajstić information content (AvgIpc) is 2.37. The molecule has 0 saturated carbocycles. The molecular formula is C18H27NO2. The standard InChI is InChI=1S/C18H27NO2/c1-14-11-18(21-15(2)20,16-9-7-6-8-10-16)13-19(12-14)17(3,4)5/h6-10,14H,11-13H2,1-5H3/t14-,18+/m0/s1. The normalized spacial score (nSPS) is 27.4. The molecule has 0 aliphatic carbocycles. The highest BCUT2D eigenvalue weighted by atomic mass is 16.6. The van der Waals surface area contributed by atoms with Crippen molar-refractivity contribution in [3.8, 4) is 0 Å². The summed E-state index contributed by atoms with van der Waals surface area (Å²) in [4.78, 5) is 14.1. The average molecular weight is 289 g/mol. The Labute approximate surface area is 128 Å². The highest BCUT2D eigenvalue weighted by Gasteiger charge is 2.45. The Morgan fingerprint density at radius 1 is 1.29 bits per heavy atom. The lowest BCUT2D eigenvalue weighted by molar-refractivity contribution is -0.171. The van der Waals surface area contributed by atoms with Gasteiger partial charge in [0.2, 0.25) is 0 Å². The van der Waals surface area contributed by atoms with Crippen molar-refractivity contribution in [2.45, 2.75) is 52.2 Å². The summed E-state index contributed by atoms with van der Waals surface area (Å²) >= 11 is 0. The summed E-state index contributed by atoms with van der Waals surface area (Å²) in [5, 5.41) is 0. The molecule has 0 bridgehead atoms. The molecule has 0 amide bonds. The SMILES string of the molecule is CC(=O)O[C@]1(c2ccccc2)C[C@H](C)CN(C(C)(C)C)C1. The van der Waals surface area contributed by atoms with E-state index in [4.69, 9.17) is 4.74 Å². The smallest absolute Gasteiger partial charge is 0.303 e. The lowest BCUT2D eigenvalue weighted by Crippen LogP contribution is -2.57. The maximum Gasteiger partial charge on any atom is 0.303 e. The molecule has 1 fully saturated rings. The Kier molecular flexibility index (Phi) is 4.43. The maximum atomic E-state index is 11.7. The number of benzene rings is 1. The van der Waals surface area contributed by atoms with E-state index >= 15 is 0 Å². The van der Waals surface area contributed by atoms with Crippen LogP contribution in [0.15, 0.2) is 30.3 Å². The lowest BCUT2D eigenvalue weighted by Gasteiger charge is -2.49. The van der Waals surface area contributed by atoms with Gasteiger partial charge >= 0.3 is 5.97 Å². The molecule has 1 aromatic carbocycles. The summed E-state index contributed by atoms with van der Waals surface area (Å²) in [6.07, 6.45) is 0.878. The summed E-state index contributed by atoms with van der Waals surface area (Å²) in [5.74, 6) is 0.277. The molecule has 1 aromatic rings. The Hall–Kier alpha value is -1.35. The highest BCUT2D eigenvalue weighted by Crippen LogP contribution is 2.40. The molecule has 3 nitrogen and oxygen atoms in total. The van der Waals surface area contributed by atoms with Gasteiger partial charge in [0, 0.05) is 25.6 Å². The molecule has 0 spiro atoms. The number of esters is 1. The molecule has 0 aromatic heterocycles. The van der Waals surface area contributed by atoms with E-state index in [1.54, 1.807) is 0 Å². The summed E-state index contributed by atoms with van der Waals surface area (Å²) in [6.45, 7) is 12.2. The largest absolute Gasteiger partial charge is 0.453 e. The minimum atomic E-state index is -0.530. The van der Waals surface area contributed by atoms with Crippen LogP contribution in [0.2, 0.25) is 0 Å². The summed E-state index contributed by atoms with van der Waals surface area (Å²) in [7, 11) is 0. The van der Waals surface area contributed by atoms with Crippen molar-refractivity contribution in [2.24, 2.45) is 5.92 Å². The van der Waals surface area contributed by atoms with Gasteiger partial charge in [0.1, 0.15) is 5.60 Å². The molecule has 116 valence electrons. The van der Waals surface area contributed by atoms with Crippen LogP contribution in [0.4, 0.5) is 0 Å². The van der Waals surface area contributed by atoms with Crippen molar-refractivity contribution in [3.63, 3.8) is 0 Å². The predicted molar refractivity (Wildman–Crippen MR) is 85.0 cm³/mol. The predicted octanol–water partition coefficient (Wildman–Crippen LogP) is 3.59. The molecule has 1 aliphatic rings. The number of carbonyl (C=O) groups excluding carboxylic acids is 1. The maximum absolute atomic E-state index is 11.7. The second-order valence-corrected chi connectivity index (χ2v) is 7.31. The van der Waals surface area contributed by atoms with Gasteiger partial charge in [0.15, 0.2) is 0 Å². The van der Waals surface area contributed by atoms with Crippen molar-refractivity contribution in [3.05, 3.63) is 35.9 Å². The van der Waals surface area contributed by atoms with E-state index in [0.717, 1.165) is 25.1 Å². The number of hydrogen-bond donors (Lipinski definition) is 0. The van der Waals surface area contributed by atoms with E-state index in [-0.39, 0.29) is 11.5 Å². The molecule has 1 heterocycles. The number of nitrogens with zero attached hydrogens (tertiary/aromatic N) is 1. The molecule has 1 aliphatic heterocycles. The van der Waals surface area contributed by atoms with Crippen molar-refractivity contribution in [2.75, 3.05) is 13.1 Å². The van der Waals surface area contributed by atoms with Crippen LogP contribution >= 0.6 is 0 Å². The second kappa shape index (κ2) is 5.80. The fraction of sp³-hybridized carbons (Fsp3) is 0.611. The van der Waals surface area contributed by atoms with E-state index in [9.17, 15) is 4.79 Å². The van der Waals surface area contributed by atoms with Crippen LogP contribution in [-0.2, 0) is 15.1 Å². The van der Waals surface area contributed by atoms with Crippen molar-refractivity contribution < 1.29 is 9.53 Å². The van der Waals surface area contributed by atoms with Crippen LogP contribution < -0.4 is 0 Å². The van der Waals surface area contributed by atoms with E-state index in [1.807, 2.05) is 18.2 Å². The van der Waals surface area contributed by atoms with Crippen LogP contribution in [0.5, 0.6) is 0 Å². The van der Waals surface area contributed by atoms with Gasteiger partial charge in [-0.25, -0.2) is 0 Å². The first-order valence-corrected chi connectivity index (χ1v) is 7.73. The zero-order valence-electron chi connectivity index (χ0n) is 13.8. The van der Waals surface area contributed by atoms with Gasteiger partial charge in [0.05, 0.1) is 0 Å². The highest BCUT2D eigenvalue weighted by molar-refractivity contribution is 5.67. The van der Waals surface area contributed by atoms with Crippen molar-refractivity contribution in [1.29, 1.82) is 0 Å². The molecule has 0 radical (unpaired) electrons. The van der Waals surface area contributed by atoms with Crippen molar-refractivity contribution >= 4 is 5.97 Å².